The Morgan fingerprint density at radius 1 is 1.35 bits per heavy atom. The van der Waals surface area contributed by atoms with Crippen molar-refractivity contribution in [2.45, 2.75) is 20.4 Å². The lowest BCUT2D eigenvalue weighted by Gasteiger charge is -2.10. The first-order valence-electron chi connectivity index (χ1n) is 6.08. The number of nitrogens with one attached hydrogen (secondary N) is 1. The molecule has 0 radical (unpaired) electrons. The van der Waals surface area contributed by atoms with Crippen LogP contribution in [0.1, 0.15) is 11.3 Å². The van der Waals surface area contributed by atoms with Crippen LogP contribution >= 0.6 is 0 Å². The molecule has 0 fully saturated rings. The van der Waals surface area contributed by atoms with E-state index in [0.717, 1.165) is 11.6 Å². The standard InChI is InChI=1S/C14H15N3O3/c1-9-3-4-12(15-7-9)16-13(19)8-17-10(2)5-11(18)6-14(17)20/h3-7,18H,8H2,1-2H3,(H,15,16,19). The highest BCUT2D eigenvalue weighted by Gasteiger charge is 2.09. The summed E-state index contributed by atoms with van der Waals surface area (Å²) < 4.78 is 1.28. The molecule has 0 saturated carbocycles. The second-order valence-corrected chi connectivity index (χ2v) is 4.55. The molecule has 6 heteroatoms. The Bertz CT molecular complexity index is 690. The van der Waals surface area contributed by atoms with E-state index in [4.69, 9.17) is 0 Å². The van der Waals surface area contributed by atoms with Gasteiger partial charge in [-0.05, 0) is 31.5 Å². The maximum atomic E-state index is 11.9. The van der Waals surface area contributed by atoms with E-state index >= 15 is 0 Å². The average molecular weight is 273 g/mol. The molecule has 2 heterocycles. The molecule has 0 spiro atoms. The zero-order chi connectivity index (χ0) is 14.7. The number of pyridine rings is 2. The SMILES string of the molecule is Cc1ccc(NC(=O)Cn2c(C)cc(O)cc2=O)nc1. The number of aromatic hydroxyl groups is 1. The van der Waals surface area contributed by atoms with Crippen LogP contribution in [0.25, 0.3) is 0 Å². The molecule has 0 aliphatic carbocycles. The number of hydrogen-bond donors (Lipinski definition) is 2. The monoisotopic (exact) mass is 273 g/mol. The first-order chi connectivity index (χ1) is 9.45. The molecule has 0 bridgehead atoms. The van der Waals surface area contributed by atoms with Crippen molar-refractivity contribution in [1.29, 1.82) is 0 Å². The highest BCUT2D eigenvalue weighted by Crippen LogP contribution is 2.08. The van der Waals surface area contributed by atoms with Gasteiger partial charge in [-0.1, -0.05) is 6.07 Å². The van der Waals surface area contributed by atoms with Gasteiger partial charge in [0.05, 0.1) is 0 Å². The van der Waals surface area contributed by atoms with Crippen LogP contribution in [-0.2, 0) is 11.3 Å². The molecule has 1 amide bonds. The summed E-state index contributed by atoms with van der Waals surface area (Å²) in [4.78, 5) is 27.6. The minimum atomic E-state index is -0.422. The van der Waals surface area contributed by atoms with Crippen molar-refractivity contribution in [3.05, 3.63) is 52.1 Å². The highest BCUT2D eigenvalue weighted by atomic mass is 16.3. The van der Waals surface area contributed by atoms with Gasteiger partial charge < -0.3 is 15.0 Å². The number of anilines is 1. The molecule has 6 nitrogen and oxygen atoms in total. The maximum Gasteiger partial charge on any atom is 0.254 e. The minimum absolute atomic E-state index is 0.107. The van der Waals surface area contributed by atoms with E-state index < -0.39 is 5.56 Å². The van der Waals surface area contributed by atoms with E-state index in [1.807, 2.05) is 13.0 Å². The number of hydrogen-bond acceptors (Lipinski definition) is 4. The Balaban J connectivity index is 2.12. The van der Waals surface area contributed by atoms with E-state index in [1.54, 1.807) is 19.2 Å². The number of carbonyl (C=O) groups is 1. The van der Waals surface area contributed by atoms with Crippen molar-refractivity contribution in [3.63, 3.8) is 0 Å². The van der Waals surface area contributed by atoms with Gasteiger partial charge in [0.15, 0.2) is 0 Å². The number of nitrogens with zero attached hydrogens (tertiary/aromatic N) is 2. The number of aromatic nitrogens is 2. The molecule has 20 heavy (non-hydrogen) atoms. The van der Waals surface area contributed by atoms with E-state index in [0.29, 0.717) is 11.5 Å². The van der Waals surface area contributed by atoms with Crippen LogP contribution in [-0.4, -0.2) is 20.6 Å². The summed E-state index contributed by atoms with van der Waals surface area (Å²) in [6, 6.07) is 6.03. The van der Waals surface area contributed by atoms with Gasteiger partial charge in [-0.2, -0.15) is 0 Å². The third-order valence-electron chi connectivity index (χ3n) is 2.80. The van der Waals surface area contributed by atoms with Crippen molar-refractivity contribution in [1.82, 2.24) is 9.55 Å². The van der Waals surface area contributed by atoms with Crippen molar-refractivity contribution in [2.75, 3.05) is 5.32 Å². The van der Waals surface area contributed by atoms with E-state index in [2.05, 4.69) is 10.3 Å². The van der Waals surface area contributed by atoms with Crippen molar-refractivity contribution in [2.24, 2.45) is 0 Å². The Hall–Kier alpha value is -2.63. The fourth-order valence-corrected chi connectivity index (χ4v) is 1.78. The summed E-state index contributed by atoms with van der Waals surface area (Å²) >= 11 is 0. The zero-order valence-electron chi connectivity index (χ0n) is 11.3. The minimum Gasteiger partial charge on any atom is -0.508 e. The van der Waals surface area contributed by atoms with Crippen LogP contribution in [0.4, 0.5) is 5.82 Å². The van der Waals surface area contributed by atoms with Gasteiger partial charge in [-0.25, -0.2) is 4.98 Å². The predicted octanol–water partition coefficient (Wildman–Crippen LogP) is 1.20. The van der Waals surface area contributed by atoms with Crippen molar-refractivity contribution in [3.8, 4) is 5.75 Å². The van der Waals surface area contributed by atoms with Gasteiger partial charge >= 0.3 is 0 Å². The molecule has 0 saturated heterocycles. The summed E-state index contributed by atoms with van der Waals surface area (Å²) in [5.41, 5.74) is 1.09. The first-order valence-corrected chi connectivity index (χ1v) is 6.08. The summed E-state index contributed by atoms with van der Waals surface area (Å²) in [5, 5.41) is 11.9. The Labute approximate surface area is 115 Å². The van der Waals surface area contributed by atoms with E-state index in [-0.39, 0.29) is 18.2 Å². The molecule has 0 aliphatic heterocycles. The lowest BCUT2D eigenvalue weighted by atomic mass is 10.3. The fourth-order valence-electron chi connectivity index (χ4n) is 1.78. The number of carbonyl (C=O) groups excluding carboxylic acids is 1. The highest BCUT2D eigenvalue weighted by molar-refractivity contribution is 5.89. The first kappa shape index (κ1) is 13.8. The van der Waals surface area contributed by atoms with Crippen molar-refractivity contribution >= 4 is 11.7 Å². The predicted molar refractivity (Wildman–Crippen MR) is 74.7 cm³/mol. The summed E-state index contributed by atoms with van der Waals surface area (Å²) in [5.74, 6) is -0.0216. The van der Waals surface area contributed by atoms with Crippen LogP contribution < -0.4 is 10.9 Å². The molecular weight excluding hydrogens is 258 g/mol. The van der Waals surface area contributed by atoms with Crippen LogP contribution in [0.2, 0.25) is 0 Å². The molecule has 2 aromatic heterocycles. The molecule has 2 N–H and O–H groups in total. The van der Waals surface area contributed by atoms with E-state index in [1.165, 1.54) is 10.6 Å². The van der Waals surface area contributed by atoms with Crippen molar-refractivity contribution < 1.29 is 9.90 Å². The Morgan fingerprint density at radius 2 is 2.10 bits per heavy atom. The summed E-state index contributed by atoms with van der Waals surface area (Å²) in [6.45, 7) is 3.43. The molecule has 0 aliphatic rings. The molecule has 2 aromatic rings. The summed E-state index contributed by atoms with van der Waals surface area (Å²) in [7, 11) is 0. The van der Waals surface area contributed by atoms with Gasteiger partial charge in [-0.15, -0.1) is 0 Å². The Kier molecular flexibility index (Phi) is 3.84. The second-order valence-electron chi connectivity index (χ2n) is 4.55. The number of aryl methyl sites for hydroxylation is 2. The third-order valence-corrected chi connectivity index (χ3v) is 2.80. The summed E-state index contributed by atoms with van der Waals surface area (Å²) in [6.07, 6.45) is 1.65. The molecule has 0 aromatic carbocycles. The molecule has 104 valence electrons. The third kappa shape index (κ3) is 3.23. The van der Waals surface area contributed by atoms with Crippen LogP contribution in [0.5, 0.6) is 5.75 Å². The zero-order valence-corrected chi connectivity index (χ0v) is 11.3. The average Bonchev–Trinajstić information content (AvgIpc) is 2.36. The van der Waals surface area contributed by atoms with Crippen LogP contribution in [0, 0.1) is 13.8 Å². The lowest BCUT2D eigenvalue weighted by Crippen LogP contribution is -2.28. The maximum absolute atomic E-state index is 11.9. The molecule has 2 rings (SSSR count). The normalized spacial score (nSPS) is 10.3. The van der Waals surface area contributed by atoms with Gasteiger partial charge in [0, 0.05) is 18.0 Å². The van der Waals surface area contributed by atoms with Gasteiger partial charge in [0.1, 0.15) is 18.1 Å². The van der Waals surface area contributed by atoms with Crippen LogP contribution in [0.15, 0.2) is 35.3 Å². The smallest absolute Gasteiger partial charge is 0.254 e. The quantitative estimate of drug-likeness (QED) is 0.880. The molecule has 0 atom stereocenters. The van der Waals surface area contributed by atoms with Gasteiger partial charge in [-0.3, -0.25) is 9.59 Å². The Morgan fingerprint density at radius 3 is 2.70 bits per heavy atom. The van der Waals surface area contributed by atoms with E-state index in [9.17, 15) is 14.7 Å². The topological polar surface area (TPSA) is 84.2 Å². The lowest BCUT2D eigenvalue weighted by molar-refractivity contribution is -0.116. The largest absolute Gasteiger partial charge is 0.508 e. The van der Waals surface area contributed by atoms with Crippen LogP contribution in [0.3, 0.4) is 0 Å². The fraction of sp³-hybridized carbons (Fsp3) is 0.214. The van der Waals surface area contributed by atoms with Gasteiger partial charge in [0.2, 0.25) is 5.91 Å². The number of rotatable bonds is 3. The molecule has 0 unspecified atom stereocenters. The van der Waals surface area contributed by atoms with Gasteiger partial charge in [0.25, 0.3) is 5.56 Å². The number of amides is 1. The molecular formula is C14H15N3O3. The second kappa shape index (κ2) is 5.56.